The van der Waals surface area contributed by atoms with Crippen LogP contribution in [0.15, 0.2) is 0 Å². The van der Waals surface area contributed by atoms with E-state index in [-0.39, 0.29) is 60.1 Å². The van der Waals surface area contributed by atoms with E-state index in [1.807, 2.05) is 0 Å². The number of carboxylic acid groups (broad SMARTS) is 3. The molecular formula is C12H21NdO6. The Morgan fingerprint density at radius 2 is 0.789 bits per heavy atom. The predicted molar refractivity (Wildman–Crippen MR) is 59.7 cm³/mol. The molecule has 109 valence electrons. The standard InChI is InChI=1S/3C4H8O2.Nd/c3*1-2-3-4(5)6;/h3*2-3H2,1H3,(H,5,6);/q;;;+3/p-3. The summed E-state index contributed by atoms with van der Waals surface area (Å²) in [6, 6.07) is 0. The van der Waals surface area contributed by atoms with Crippen LogP contribution in [-0.4, -0.2) is 17.9 Å². The Bertz CT molecular complexity index is 192. The van der Waals surface area contributed by atoms with Crippen LogP contribution in [0.1, 0.15) is 59.3 Å². The van der Waals surface area contributed by atoms with Crippen LogP contribution in [0.25, 0.3) is 0 Å². The van der Waals surface area contributed by atoms with Crippen LogP contribution in [0.2, 0.25) is 0 Å². The van der Waals surface area contributed by atoms with Crippen molar-refractivity contribution in [3.05, 3.63) is 0 Å². The third kappa shape index (κ3) is 57.5. The van der Waals surface area contributed by atoms with Crippen molar-refractivity contribution >= 4 is 17.9 Å². The van der Waals surface area contributed by atoms with Gasteiger partial charge in [-0.3, -0.25) is 0 Å². The summed E-state index contributed by atoms with van der Waals surface area (Å²) in [4.78, 5) is 28.5. The van der Waals surface area contributed by atoms with Gasteiger partial charge in [-0.05, 0) is 19.3 Å². The van der Waals surface area contributed by atoms with Crippen molar-refractivity contribution in [2.24, 2.45) is 0 Å². The summed E-state index contributed by atoms with van der Waals surface area (Å²) < 4.78 is 0. The van der Waals surface area contributed by atoms with Crippen LogP contribution >= 0.6 is 0 Å². The van der Waals surface area contributed by atoms with E-state index in [9.17, 15) is 29.7 Å². The maximum Gasteiger partial charge on any atom is 3.00 e. The molecule has 0 aromatic carbocycles. The van der Waals surface area contributed by atoms with Gasteiger partial charge in [-0.2, -0.15) is 0 Å². The average molecular weight is 406 g/mol. The first-order chi connectivity index (χ1) is 8.31. The van der Waals surface area contributed by atoms with E-state index in [4.69, 9.17) is 0 Å². The van der Waals surface area contributed by atoms with Crippen LogP contribution in [0, 0.1) is 40.8 Å². The van der Waals surface area contributed by atoms with Crippen molar-refractivity contribution < 1.29 is 70.5 Å². The zero-order valence-electron chi connectivity index (χ0n) is 11.7. The van der Waals surface area contributed by atoms with Crippen molar-refractivity contribution in [1.29, 1.82) is 0 Å². The van der Waals surface area contributed by atoms with Gasteiger partial charge in [0, 0.05) is 17.9 Å². The van der Waals surface area contributed by atoms with Crippen LogP contribution in [0.3, 0.4) is 0 Å². The molecule has 1 radical (unpaired) electrons. The van der Waals surface area contributed by atoms with Gasteiger partial charge < -0.3 is 29.7 Å². The largest absolute Gasteiger partial charge is 3.00 e. The van der Waals surface area contributed by atoms with Crippen molar-refractivity contribution in [3.63, 3.8) is 0 Å². The zero-order chi connectivity index (χ0) is 15.0. The molecule has 0 spiro atoms. The van der Waals surface area contributed by atoms with E-state index >= 15 is 0 Å². The van der Waals surface area contributed by atoms with Crippen molar-refractivity contribution in [2.75, 3.05) is 0 Å². The summed E-state index contributed by atoms with van der Waals surface area (Å²) in [7, 11) is 0. The van der Waals surface area contributed by atoms with E-state index in [0.29, 0.717) is 19.3 Å². The SMILES string of the molecule is CCCC(=O)[O-].CCCC(=O)[O-].CCCC(=O)[O-].[Nd+3]. The Balaban J connectivity index is -0.0000000865. The molecular weight excluding hydrogens is 384 g/mol. The molecule has 0 aromatic heterocycles. The quantitative estimate of drug-likeness (QED) is 0.536. The van der Waals surface area contributed by atoms with Gasteiger partial charge >= 0.3 is 40.8 Å². The third-order valence-corrected chi connectivity index (χ3v) is 1.36. The number of aliphatic carboxylic acids is 3. The second kappa shape index (κ2) is 22.9. The van der Waals surface area contributed by atoms with Crippen molar-refractivity contribution in [3.8, 4) is 0 Å². The number of carbonyl (C=O) groups excluding carboxylic acids is 3. The Morgan fingerprint density at radius 3 is 0.789 bits per heavy atom. The maximum atomic E-state index is 9.49. The van der Waals surface area contributed by atoms with Crippen LogP contribution in [0.4, 0.5) is 0 Å². The fraction of sp³-hybridized carbons (Fsp3) is 0.750. The van der Waals surface area contributed by atoms with Gasteiger partial charge in [0.2, 0.25) is 0 Å². The molecule has 0 aliphatic heterocycles. The first-order valence-electron chi connectivity index (χ1n) is 5.91. The minimum atomic E-state index is -0.961. The number of hydrogen-bond acceptors (Lipinski definition) is 6. The van der Waals surface area contributed by atoms with Gasteiger partial charge in [0.15, 0.2) is 0 Å². The third-order valence-electron chi connectivity index (χ3n) is 1.36. The molecule has 0 saturated carbocycles. The van der Waals surface area contributed by atoms with Crippen LogP contribution in [0.5, 0.6) is 0 Å². The number of hydrogen-bond donors (Lipinski definition) is 0. The predicted octanol–water partition coefficient (Wildman–Crippen LogP) is -1.39. The Labute approximate surface area is 147 Å². The summed E-state index contributed by atoms with van der Waals surface area (Å²) in [5, 5.41) is 28.5. The molecule has 0 fully saturated rings. The minimum Gasteiger partial charge on any atom is -0.550 e. The maximum absolute atomic E-state index is 9.49. The molecule has 19 heavy (non-hydrogen) atoms. The summed E-state index contributed by atoms with van der Waals surface area (Å²) >= 11 is 0. The van der Waals surface area contributed by atoms with E-state index in [0.717, 1.165) is 0 Å². The number of rotatable bonds is 6. The monoisotopic (exact) mass is 403 g/mol. The van der Waals surface area contributed by atoms with Gasteiger partial charge in [0.05, 0.1) is 0 Å². The normalized spacial score (nSPS) is 7.74. The molecule has 0 bridgehead atoms. The molecule has 0 aliphatic rings. The van der Waals surface area contributed by atoms with Crippen LogP contribution in [-0.2, 0) is 14.4 Å². The number of carboxylic acids is 3. The van der Waals surface area contributed by atoms with Gasteiger partial charge in [-0.1, -0.05) is 40.0 Å². The zero-order valence-corrected chi connectivity index (χ0v) is 14.9. The number of carbonyl (C=O) groups is 3. The molecule has 6 nitrogen and oxygen atoms in total. The molecule has 0 atom stereocenters. The summed E-state index contributed by atoms with van der Waals surface area (Å²) in [5.74, 6) is -2.88. The molecule has 0 heterocycles. The summed E-state index contributed by atoms with van der Waals surface area (Å²) in [5.41, 5.74) is 0. The molecule has 0 aromatic rings. The van der Waals surface area contributed by atoms with Gasteiger partial charge in [0.1, 0.15) is 0 Å². The van der Waals surface area contributed by atoms with E-state index in [1.54, 1.807) is 20.8 Å². The van der Waals surface area contributed by atoms with Crippen molar-refractivity contribution in [2.45, 2.75) is 59.3 Å². The Hall–Kier alpha value is -0.239. The Morgan fingerprint density at radius 1 is 0.632 bits per heavy atom. The first kappa shape index (κ1) is 27.2. The van der Waals surface area contributed by atoms with E-state index in [1.165, 1.54) is 0 Å². The first-order valence-corrected chi connectivity index (χ1v) is 5.91. The summed E-state index contributed by atoms with van der Waals surface area (Å²) in [6.07, 6.45) is 2.55. The van der Waals surface area contributed by atoms with E-state index < -0.39 is 17.9 Å². The Kier molecular flexibility index (Phi) is 32.7. The van der Waals surface area contributed by atoms with Crippen LogP contribution < -0.4 is 15.3 Å². The fourth-order valence-electron chi connectivity index (χ4n) is 0.612. The molecule has 0 aliphatic carbocycles. The van der Waals surface area contributed by atoms with Gasteiger partial charge in [-0.15, -0.1) is 0 Å². The molecule has 0 rings (SSSR count). The molecule has 0 N–H and O–H groups in total. The smallest absolute Gasteiger partial charge is 0.550 e. The topological polar surface area (TPSA) is 120 Å². The second-order valence-corrected chi connectivity index (χ2v) is 3.37. The van der Waals surface area contributed by atoms with Crippen molar-refractivity contribution in [1.82, 2.24) is 0 Å². The summed E-state index contributed by atoms with van der Waals surface area (Å²) in [6.45, 7) is 5.40. The molecule has 7 heteroatoms. The molecule has 0 amide bonds. The average Bonchev–Trinajstić information content (AvgIpc) is 2.18. The molecule has 0 unspecified atom stereocenters. The van der Waals surface area contributed by atoms with Gasteiger partial charge in [0.25, 0.3) is 0 Å². The fourth-order valence-corrected chi connectivity index (χ4v) is 0.612. The van der Waals surface area contributed by atoms with Gasteiger partial charge in [-0.25, -0.2) is 0 Å². The van der Waals surface area contributed by atoms with E-state index in [2.05, 4.69) is 0 Å². The second-order valence-electron chi connectivity index (χ2n) is 3.37. The molecule has 0 saturated heterocycles. The minimum absolute atomic E-state index is 0.